The molecule has 1 aromatic heterocycles. The fourth-order valence-corrected chi connectivity index (χ4v) is 4.11. The highest BCUT2D eigenvalue weighted by molar-refractivity contribution is 9.10. The summed E-state index contributed by atoms with van der Waals surface area (Å²) in [7, 11) is -1.68. The maximum Gasteiger partial charge on any atom is 0.262 e. The Labute approximate surface area is 125 Å². The van der Waals surface area contributed by atoms with E-state index in [9.17, 15) is 8.42 Å². The molecule has 0 saturated heterocycles. The van der Waals surface area contributed by atoms with Gasteiger partial charge in [0.1, 0.15) is 0 Å². The van der Waals surface area contributed by atoms with Crippen LogP contribution in [0.2, 0.25) is 0 Å². The van der Waals surface area contributed by atoms with E-state index in [1.807, 2.05) is 7.05 Å². The van der Waals surface area contributed by atoms with Crippen molar-refractivity contribution in [1.29, 1.82) is 0 Å². The number of benzene rings is 1. The maximum absolute atomic E-state index is 12.2. The summed E-state index contributed by atoms with van der Waals surface area (Å²) in [5.41, 5.74) is 0.546. The first-order valence-corrected chi connectivity index (χ1v) is 8.67. The normalized spacial score (nSPS) is 11.5. The molecule has 0 aliphatic carbocycles. The number of hydrogen-bond acceptors (Lipinski definition) is 4. The van der Waals surface area contributed by atoms with Crippen LogP contribution in [0.4, 0.5) is 5.69 Å². The smallest absolute Gasteiger partial charge is 0.262 e. The van der Waals surface area contributed by atoms with E-state index in [0.29, 0.717) is 17.1 Å². The number of rotatable bonds is 5. The summed E-state index contributed by atoms with van der Waals surface area (Å²) in [6.07, 6.45) is 0. The van der Waals surface area contributed by atoms with Crippen molar-refractivity contribution in [2.75, 3.05) is 11.8 Å². The minimum absolute atomic E-state index is 0.297. The van der Waals surface area contributed by atoms with Crippen LogP contribution in [-0.2, 0) is 16.6 Å². The Morgan fingerprint density at radius 2 is 1.95 bits per heavy atom. The molecule has 0 radical (unpaired) electrons. The van der Waals surface area contributed by atoms with Gasteiger partial charge in [-0.15, -0.1) is 11.3 Å². The predicted octanol–water partition coefficient (Wildman–Crippen LogP) is 3.03. The topological polar surface area (TPSA) is 58.2 Å². The van der Waals surface area contributed by atoms with Gasteiger partial charge in [0.15, 0.2) is 0 Å². The fourth-order valence-electron chi connectivity index (χ4n) is 1.50. The zero-order valence-corrected chi connectivity index (χ0v) is 13.4. The van der Waals surface area contributed by atoms with E-state index in [1.165, 1.54) is 11.3 Å². The number of hydrogen-bond donors (Lipinski definition) is 2. The zero-order valence-electron chi connectivity index (χ0n) is 10.2. The summed E-state index contributed by atoms with van der Waals surface area (Å²) in [6, 6.07) is 8.68. The molecular formula is C12H13BrN2O2S2. The summed E-state index contributed by atoms with van der Waals surface area (Å²) in [5, 5.41) is 4.64. The summed E-state index contributed by atoms with van der Waals surface area (Å²) in [6.45, 7) is 0.665. The van der Waals surface area contributed by atoms with E-state index in [0.717, 1.165) is 9.35 Å². The molecule has 0 saturated carbocycles. The first-order chi connectivity index (χ1) is 9.01. The van der Waals surface area contributed by atoms with Gasteiger partial charge in [-0.1, -0.05) is 15.9 Å². The molecule has 0 unspecified atom stereocenters. The second-order valence-corrected chi connectivity index (χ2v) is 7.49. The summed E-state index contributed by atoms with van der Waals surface area (Å²) < 4.78 is 27.8. The summed E-state index contributed by atoms with van der Waals surface area (Å²) in [5.74, 6) is 0. The average molecular weight is 361 g/mol. The number of thiophene rings is 1. The van der Waals surface area contributed by atoms with E-state index >= 15 is 0 Å². The van der Waals surface area contributed by atoms with Crippen molar-refractivity contribution in [3.05, 3.63) is 45.1 Å². The van der Waals surface area contributed by atoms with Crippen LogP contribution in [0.5, 0.6) is 0 Å². The van der Waals surface area contributed by atoms with Gasteiger partial charge < -0.3 is 5.32 Å². The van der Waals surface area contributed by atoms with Crippen molar-refractivity contribution in [2.45, 2.75) is 11.4 Å². The first kappa shape index (κ1) is 14.5. The molecule has 19 heavy (non-hydrogen) atoms. The Morgan fingerprint density at radius 3 is 2.58 bits per heavy atom. The number of halogens is 1. The van der Waals surface area contributed by atoms with Crippen molar-refractivity contribution < 1.29 is 8.42 Å². The third kappa shape index (κ3) is 3.79. The highest BCUT2D eigenvalue weighted by atomic mass is 79.9. The highest BCUT2D eigenvalue weighted by Crippen LogP contribution is 2.22. The van der Waals surface area contributed by atoms with E-state index in [2.05, 4.69) is 26.0 Å². The van der Waals surface area contributed by atoms with Crippen LogP contribution < -0.4 is 10.0 Å². The molecule has 0 aliphatic rings. The molecule has 0 atom stereocenters. The third-order valence-corrected chi connectivity index (χ3v) is 5.36. The zero-order chi connectivity index (χ0) is 13.9. The summed E-state index contributed by atoms with van der Waals surface area (Å²) in [4.78, 5) is 1.28. The third-order valence-electron chi connectivity index (χ3n) is 2.39. The van der Waals surface area contributed by atoms with Crippen molar-refractivity contribution in [2.24, 2.45) is 0 Å². The lowest BCUT2D eigenvalue weighted by molar-refractivity contribution is 0.601. The number of sulfonamides is 1. The molecule has 2 N–H and O–H groups in total. The largest absolute Gasteiger partial charge is 0.315 e. The lowest BCUT2D eigenvalue weighted by atomic mass is 10.3. The van der Waals surface area contributed by atoms with Crippen molar-refractivity contribution >= 4 is 43.0 Å². The lowest BCUT2D eigenvalue weighted by Crippen LogP contribution is -2.12. The quantitative estimate of drug-likeness (QED) is 0.861. The van der Waals surface area contributed by atoms with E-state index in [-0.39, 0.29) is 0 Å². The standard InChI is InChI=1S/C12H13BrN2O2S2/c1-14-7-11-6-12(8-18-11)19(16,17)15-10-4-2-9(13)3-5-10/h2-6,8,14-15H,7H2,1H3. The van der Waals surface area contributed by atoms with Gasteiger partial charge in [0.2, 0.25) is 0 Å². The molecule has 0 spiro atoms. The molecule has 102 valence electrons. The molecule has 1 aromatic carbocycles. The van der Waals surface area contributed by atoms with E-state index in [4.69, 9.17) is 0 Å². The van der Waals surface area contributed by atoms with Crippen LogP contribution in [0, 0.1) is 0 Å². The SMILES string of the molecule is CNCc1cc(S(=O)(=O)Nc2ccc(Br)cc2)cs1. The Hall–Kier alpha value is -0.890. The Bertz CT molecular complexity index is 651. The minimum atomic E-state index is -3.51. The predicted molar refractivity (Wildman–Crippen MR) is 82.0 cm³/mol. The van der Waals surface area contributed by atoms with Gasteiger partial charge in [-0.3, -0.25) is 4.72 Å². The molecule has 1 heterocycles. The van der Waals surface area contributed by atoms with Gasteiger partial charge in [0.25, 0.3) is 10.0 Å². The van der Waals surface area contributed by atoms with Crippen LogP contribution >= 0.6 is 27.3 Å². The maximum atomic E-state index is 12.2. The molecule has 0 bridgehead atoms. The molecule has 4 nitrogen and oxygen atoms in total. The van der Waals surface area contributed by atoms with E-state index < -0.39 is 10.0 Å². The van der Waals surface area contributed by atoms with Crippen molar-refractivity contribution in [3.63, 3.8) is 0 Å². The first-order valence-electron chi connectivity index (χ1n) is 5.51. The molecule has 0 aliphatic heterocycles. The van der Waals surface area contributed by atoms with Crippen LogP contribution in [0.3, 0.4) is 0 Å². The van der Waals surface area contributed by atoms with E-state index in [1.54, 1.807) is 35.7 Å². The lowest BCUT2D eigenvalue weighted by Gasteiger charge is -2.06. The minimum Gasteiger partial charge on any atom is -0.315 e. The van der Waals surface area contributed by atoms with Gasteiger partial charge in [0, 0.05) is 27.0 Å². The average Bonchev–Trinajstić information content (AvgIpc) is 2.82. The molecule has 2 aromatic rings. The Kier molecular flexibility index (Phi) is 4.62. The van der Waals surface area contributed by atoms with Gasteiger partial charge in [-0.05, 0) is 37.4 Å². The molecular weight excluding hydrogens is 348 g/mol. The van der Waals surface area contributed by atoms with Crippen molar-refractivity contribution in [1.82, 2.24) is 5.32 Å². The fraction of sp³-hybridized carbons (Fsp3) is 0.167. The highest BCUT2D eigenvalue weighted by Gasteiger charge is 2.16. The second kappa shape index (κ2) is 6.04. The van der Waals surface area contributed by atoms with Crippen molar-refractivity contribution in [3.8, 4) is 0 Å². The summed E-state index contributed by atoms with van der Waals surface area (Å²) >= 11 is 4.73. The Morgan fingerprint density at radius 1 is 1.26 bits per heavy atom. The second-order valence-electron chi connectivity index (χ2n) is 3.89. The molecule has 2 rings (SSSR count). The van der Waals surface area contributed by atoms with Gasteiger partial charge in [0.05, 0.1) is 4.90 Å². The van der Waals surface area contributed by atoms with Gasteiger partial charge in [-0.25, -0.2) is 8.42 Å². The van der Waals surface area contributed by atoms with Crippen LogP contribution in [0.1, 0.15) is 4.88 Å². The van der Waals surface area contributed by atoms with Gasteiger partial charge >= 0.3 is 0 Å². The van der Waals surface area contributed by atoms with Crippen LogP contribution in [0.15, 0.2) is 45.1 Å². The van der Waals surface area contributed by atoms with Gasteiger partial charge in [-0.2, -0.15) is 0 Å². The van der Waals surface area contributed by atoms with Crippen LogP contribution in [-0.4, -0.2) is 15.5 Å². The molecule has 0 amide bonds. The number of nitrogens with one attached hydrogen (secondary N) is 2. The Balaban J connectivity index is 2.19. The monoisotopic (exact) mass is 360 g/mol. The molecule has 0 fully saturated rings. The van der Waals surface area contributed by atoms with Crippen LogP contribution in [0.25, 0.3) is 0 Å². The molecule has 7 heteroatoms. The number of anilines is 1.